The fraction of sp³-hybridized carbons (Fsp3) is 0.294. The summed E-state index contributed by atoms with van der Waals surface area (Å²) in [7, 11) is 0. The molecule has 0 spiro atoms. The molecule has 1 heterocycles. The van der Waals surface area contributed by atoms with Crippen LogP contribution in [0.1, 0.15) is 32.1 Å². The summed E-state index contributed by atoms with van der Waals surface area (Å²) in [6, 6.07) is 9.60. The van der Waals surface area contributed by atoms with E-state index in [-0.39, 0.29) is 18.9 Å². The van der Waals surface area contributed by atoms with Crippen LogP contribution in [0.5, 0.6) is 5.75 Å². The molecule has 23 heavy (non-hydrogen) atoms. The van der Waals surface area contributed by atoms with E-state index >= 15 is 0 Å². The van der Waals surface area contributed by atoms with Crippen molar-refractivity contribution in [2.45, 2.75) is 26.9 Å². The van der Waals surface area contributed by atoms with Gasteiger partial charge in [-0.2, -0.15) is 0 Å². The topological polar surface area (TPSA) is 75.6 Å². The summed E-state index contributed by atoms with van der Waals surface area (Å²) in [6.07, 6.45) is -0.0835. The van der Waals surface area contributed by atoms with Crippen LogP contribution in [-0.2, 0) is 11.4 Å². The van der Waals surface area contributed by atoms with Gasteiger partial charge in [-0.1, -0.05) is 6.07 Å². The molecule has 2 N–H and O–H groups in total. The lowest BCUT2D eigenvalue weighted by atomic mass is 10.1. The Morgan fingerprint density at radius 3 is 2.52 bits per heavy atom. The third kappa shape index (κ3) is 5.41. The van der Waals surface area contributed by atoms with Gasteiger partial charge in [-0.3, -0.25) is 9.59 Å². The Morgan fingerprint density at radius 2 is 1.87 bits per heavy atom. The molecule has 1 amide bonds. The van der Waals surface area contributed by atoms with Crippen molar-refractivity contribution in [1.29, 1.82) is 0 Å². The van der Waals surface area contributed by atoms with Gasteiger partial charge in [-0.05, 0) is 49.2 Å². The molecule has 0 unspecified atom stereocenters. The summed E-state index contributed by atoms with van der Waals surface area (Å²) in [5.41, 5.74) is 2.29. The number of aliphatic carboxylic acids is 1. The van der Waals surface area contributed by atoms with E-state index in [2.05, 4.69) is 11.4 Å². The van der Waals surface area contributed by atoms with Crippen LogP contribution in [-0.4, -0.2) is 23.5 Å². The predicted octanol–water partition coefficient (Wildman–Crippen LogP) is 3.15. The van der Waals surface area contributed by atoms with E-state index in [9.17, 15) is 9.59 Å². The highest BCUT2D eigenvalue weighted by molar-refractivity contribution is 7.14. The predicted molar refractivity (Wildman–Crippen MR) is 89.2 cm³/mol. The Labute approximate surface area is 138 Å². The van der Waals surface area contributed by atoms with E-state index < -0.39 is 5.97 Å². The minimum atomic E-state index is -0.931. The molecule has 122 valence electrons. The van der Waals surface area contributed by atoms with E-state index in [0.717, 1.165) is 21.8 Å². The van der Waals surface area contributed by atoms with Crippen molar-refractivity contribution in [2.75, 3.05) is 6.54 Å². The average molecular weight is 333 g/mol. The molecule has 0 atom stereocenters. The number of carbonyl (C=O) groups excluding carboxylic acids is 1. The second-order valence-corrected chi connectivity index (χ2v) is 6.45. The summed E-state index contributed by atoms with van der Waals surface area (Å²) in [6.45, 7) is 4.56. The number of thiophene rings is 1. The molecule has 0 aliphatic heterocycles. The first-order valence-corrected chi connectivity index (χ1v) is 8.05. The van der Waals surface area contributed by atoms with Crippen molar-refractivity contribution in [3.05, 3.63) is 51.2 Å². The number of hydrogen-bond acceptors (Lipinski definition) is 4. The standard InChI is InChI=1S/C17H19NO4S/c1-11-7-12(2)9-13(8-11)22-10-14-3-4-15(23-14)17(21)18-6-5-16(19)20/h3-4,7-9H,5-6,10H2,1-2H3,(H,18,21)(H,19,20). The molecule has 2 aromatic rings. The second kappa shape index (κ2) is 7.78. The minimum Gasteiger partial charge on any atom is -0.488 e. The molecule has 0 saturated heterocycles. The van der Waals surface area contributed by atoms with Crippen molar-refractivity contribution in [3.8, 4) is 5.75 Å². The number of amides is 1. The van der Waals surface area contributed by atoms with Crippen LogP contribution < -0.4 is 10.1 Å². The van der Waals surface area contributed by atoms with Crippen LogP contribution in [0.15, 0.2) is 30.3 Å². The molecule has 1 aromatic heterocycles. The van der Waals surface area contributed by atoms with Crippen LogP contribution in [0, 0.1) is 13.8 Å². The molecule has 0 bridgehead atoms. The third-order valence-electron chi connectivity index (χ3n) is 3.09. The number of rotatable bonds is 7. The highest BCUT2D eigenvalue weighted by Gasteiger charge is 2.10. The van der Waals surface area contributed by atoms with Gasteiger partial charge in [0.05, 0.1) is 11.3 Å². The number of ether oxygens (including phenoxy) is 1. The summed E-state index contributed by atoms with van der Waals surface area (Å²) in [4.78, 5) is 23.8. The molecule has 0 saturated carbocycles. The molecule has 6 heteroatoms. The number of benzene rings is 1. The number of nitrogens with one attached hydrogen (secondary N) is 1. The van der Waals surface area contributed by atoms with Gasteiger partial charge in [0.1, 0.15) is 12.4 Å². The van der Waals surface area contributed by atoms with Crippen molar-refractivity contribution >= 4 is 23.2 Å². The minimum absolute atomic E-state index is 0.0835. The fourth-order valence-electron chi connectivity index (χ4n) is 2.12. The molecule has 2 rings (SSSR count). The zero-order valence-corrected chi connectivity index (χ0v) is 13.9. The number of hydrogen-bond donors (Lipinski definition) is 2. The molecule has 5 nitrogen and oxygen atoms in total. The van der Waals surface area contributed by atoms with E-state index in [1.54, 1.807) is 6.07 Å². The Hall–Kier alpha value is -2.34. The zero-order chi connectivity index (χ0) is 16.8. The Bertz CT molecular complexity index is 688. The summed E-state index contributed by atoms with van der Waals surface area (Å²) >= 11 is 1.34. The fourth-order valence-corrected chi connectivity index (χ4v) is 2.96. The zero-order valence-electron chi connectivity index (χ0n) is 13.1. The maximum Gasteiger partial charge on any atom is 0.305 e. The Kier molecular flexibility index (Phi) is 5.76. The number of carboxylic acid groups (broad SMARTS) is 1. The van der Waals surface area contributed by atoms with Crippen molar-refractivity contribution < 1.29 is 19.4 Å². The number of carbonyl (C=O) groups is 2. The first-order valence-electron chi connectivity index (χ1n) is 7.24. The van der Waals surface area contributed by atoms with Gasteiger partial charge in [0.25, 0.3) is 5.91 Å². The van der Waals surface area contributed by atoms with E-state index in [1.165, 1.54) is 11.3 Å². The highest BCUT2D eigenvalue weighted by atomic mass is 32.1. The first kappa shape index (κ1) is 17.0. The van der Waals surface area contributed by atoms with Crippen LogP contribution >= 0.6 is 11.3 Å². The van der Waals surface area contributed by atoms with Gasteiger partial charge in [0, 0.05) is 11.4 Å². The summed E-state index contributed by atoms with van der Waals surface area (Å²) in [5.74, 6) is -0.378. The van der Waals surface area contributed by atoms with Crippen LogP contribution in [0.25, 0.3) is 0 Å². The maximum atomic E-state index is 11.9. The van der Waals surface area contributed by atoms with Gasteiger partial charge in [-0.15, -0.1) is 11.3 Å². The molecule has 0 aliphatic rings. The van der Waals surface area contributed by atoms with E-state index in [0.29, 0.717) is 11.5 Å². The first-order chi connectivity index (χ1) is 10.9. The van der Waals surface area contributed by atoms with Gasteiger partial charge in [0.2, 0.25) is 0 Å². The molecule has 0 fully saturated rings. The summed E-state index contributed by atoms with van der Waals surface area (Å²) < 4.78 is 5.76. The Balaban J connectivity index is 1.89. The van der Waals surface area contributed by atoms with E-state index in [1.807, 2.05) is 32.0 Å². The quantitative estimate of drug-likeness (QED) is 0.816. The van der Waals surface area contributed by atoms with Crippen LogP contribution in [0.2, 0.25) is 0 Å². The lowest BCUT2D eigenvalue weighted by molar-refractivity contribution is -0.136. The Morgan fingerprint density at radius 1 is 1.17 bits per heavy atom. The van der Waals surface area contributed by atoms with Crippen LogP contribution in [0.4, 0.5) is 0 Å². The van der Waals surface area contributed by atoms with Crippen molar-refractivity contribution in [3.63, 3.8) is 0 Å². The number of carboxylic acids is 1. The van der Waals surface area contributed by atoms with Gasteiger partial charge >= 0.3 is 5.97 Å². The average Bonchev–Trinajstić information content (AvgIpc) is 2.92. The highest BCUT2D eigenvalue weighted by Crippen LogP contribution is 2.21. The lowest BCUT2D eigenvalue weighted by Gasteiger charge is -2.07. The van der Waals surface area contributed by atoms with Gasteiger partial charge in [-0.25, -0.2) is 0 Å². The molecule has 0 aliphatic carbocycles. The molecular weight excluding hydrogens is 314 g/mol. The van der Waals surface area contributed by atoms with E-state index in [4.69, 9.17) is 9.84 Å². The monoisotopic (exact) mass is 333 g/mol. The number of aryl methyl sites for hydroxylation is 2. The maximum absolute atomic E-state index is 11.9. The smallest absolute Gasteiger partial charge is 0.305 e. The van der Waals surface area contributed by atoms with Gasteiger partial charge in [0.15, 0.2) is 0 Å². The normalized spacial score (nSPS) is 10.3. The lowest BCUT2D eigenvalue weighted by Crippen LogP contribution is -2.25. The molecule has 0 radical (unpaired) electrons. The van der Waals surface area contributed by atoms with Crippen molar-refractivity contribution in [2.24, 2.45) is 0 Å². The second-order valence-electron chi connectivity index (χ2n) is 5.28. The third-order valence-corrected chi connectivity index (χ3v) is 4.14. The van der Waals surface area contributed by atoms with Crippen molar-refractivity contribution in [1.82, 2.24) is 5.32 Å². The SMILES string of the molecule is Cc1cc(C)cc(OCc2ccc(C(=O)NCCC(=O)O)s2)c1. The van der Waals surface area contributed by atoms with Gasteiger partial charge < -0.3 is 15.2 Å². The summed E-state index contributed by atoms with van der Waals surface area (Å²) in [5, 5.41) is 11.1. The van der Waals surface area contributed by atoms with Crippen LogP contribution in [0.3, 0.4) is 0 Å². The largest absolute Gasteiger partial charge is 0.488 e. The molecule has 1 aromatic carbocycles. The molecular formula is C17H19NO4S.